The van der Waals surface area contributed by atoms with E-state index in [1.165, 1.54) is 5.56 Å². The van der Waals surface area contributed by atoms with E-state index < -0.39 is 11.5 Å². The van der Waals surface area contributed by atoms with Gasteiger partial charge in [0, 0.05) is 32.1 Å². The molecule has 0 radical (unpaired) electrons. The zero-order valence-electron chi connectivity index (χ0n) is 18.3. The molecule has 0 bridgehead atoms. The van der Waals surface area contributed by atoms with Crippen molar-refractivity contribution in [1.82, 2.24) is 20.4 Å². The summed E-state index contributed by atoms with van der Waals surface area (Å²) in [6.45, 7) is 7.08. The van der Waals surface area contributed by atoms with Crippen LogP contribution >= 0.6 is 0 Å². The highest BCUT2D eigenvalue weighted by Gasteiger charge is 2.53. The van der Waals surface area contributed by atoms with E-state index in [-0.39, 0.29) is 23.6 Å². The van der Waals surface area contributed by atoms with Crippen LogP contribution in [0.3, 0.4) is 0 Å². The fourth-order valence-electron chi connectivity index (χ4n) is 4.44. The Kier molecular flexibility index (Phi) is 7.13. The van der Waals surface area contributed by atoms with Crippen LogP contribution in [-0.4, -0.2) is 66.8 Å². The summed E-state index contributed by atoms with van der Waals surface area (Å²) in [5.74, 6) is -0.222. The minimum Gasteiger partial charge on any atom is -0.354 e. The molecule has 1 aromatic rings. The second-order valence-electron chi connectivity index (χ2n) is 9.04. The van der Waals surface area contributed by atoms with E-state index in [9.17, 15) is 14.4 Å². The lowest BCUT2D eigenvalue weighted by Gasteiger charge is -2.22. The van der Waals surface area contributed by atoms with Crippen LogP contribution in [0.2, 0.25) is 0 Å². The van der Waals surface area contributed by atoms with Gasteiger partial charge in [0.2, 0.25) is 17.7 Å². The van der Waals surface area contributed by atoms with Gasteiger partial charge in [-0.05, 0) is 38.4 Å². The fraction of sp³-hybridized carbons (Fsp3) is 0.609. The van der Waals surface area contributed by atoms with Crippen molar-refractivity contribution in [2.75, 3.05) is 33.2 Å². The predicted octanol–water partition coefficient (Wildman–Crippen LogP) is 1.39. The summed E-state index contributed by atoms with van der Waals surface area (Å²) >= 11 is 0. The Morgan fingerprint density at radius 2 is 2.03 bits per heavy atom. The maximum atomic E-state index is 12.6. The minimum atomic E-state index is -0.609. The first kappa shape index (κ1) is 22.3. The number of likely N-dealkylation sites (tertiary alicyclic amines) is 1. The van der Waals surface area contributed by atoms with Crippen molar-refractivity contribution < 1.29 is 14.4 Å². The number of rotatable bonds is 8. The first-order valence-corrected chi connectivity index (χ1v) is 10.9. The summed E-state index contributed by atoms with van der Waals surface area (Å²) in [6, 6.07) is 9.79. The molecule has 0 aliphatic carbocycles. The molecule has 1 aromatic carbocycles. The Morgan fingerprint density at radius 3 is 2.73 bits per heavy atom. The second kappa shape index (κ2) is 9.60. The summed E-state index contributed by atoms with van der Waals surface area (Å²) < 4.78 is 0. The number of carbonyl (C=O) groups excluding carboxylic acids is 3. The number of hydrogen-bond acceptors (Lipinski definition) is 4. The molecule has 2 saturated heterocycles. The van der Waals surface area contributed by atoms with Crippen molar-refractivity contribution in [1.29, 1.82) is 0 Å². The summed E-state index contributed by atoms with van der Waals surface area (Å²) in [4.78, 5) is 41.4. The molecule has 0 aromatic heterocycles. The van der Waals surface area contributed by atoms with E-state index in [0.29, 0.717) is 32.5 Å². The molecule has 2 aliphatic heterocycles. The molecule has 0 unspecified atom stereocenters. The first-order chi connectivity index (χ1) is 14.3. The third-order valence-corrected chi connectivity index (χ3v) is 6.17. The topological polar surface area (TPSA) is 81.8 Å². The van der Waals surface area contributed by atoms with Crippen molar-refractivity contribution in [3.63, 3.8) is 0 Å². The number of nitrogens with one attached hydrogen (secondary N) is 2. The van der Waals surface area contributed by atoms with Gasteiger partial charge in [-0.2, -0.15) is 0 Å². The van der Waals surface area contributed by atoms with E-state index in [0.717, 1.165) is 19.5 Å². The highest BCUT2D eigenvalue weighted by atomic mass is 16.2. The van der Waals surface area contributed by atoms with E-state index in [1.807, 2.05) is 32.0 Å². The summed E-state index contributed by atoms with van der Waals surface area (Å²) in [6.07, 6.45) is 1.94. The Morgan fingerprint density at radius 1 is 1.30 bits per heavy atom. The number of nitrogens with zero attached hydrogens (tertiary/aromatic N) is 2. The molecule has 3 rings (SSSR count). The quantitative estimate of drug-likeness (QED) is 0.630. The number of amides is 3. The van der Waals surface area contributed by atoms with Crippen molar-refractivity contribution in [3.05, 3.63) is 35.9 Å². The Hall–Kier alpha value is -2.41. The third-order valence-electron chi connectivity index (χ3n) is 6.17. The van der Waals surface area contributed by atoms with Gasteiger partial charge in [-0.1, -0.05) is 44.2 Å². The highest BCUT2D eigenvalue weighted by Crippen LogP contribution is 2.39. The van der Waals surface area contributed by atoms with Gasteiger partial charge in [-0.25, -0.2) is 0 Å². The molecule has 7 heteroatoms. The molecule has 164 valence electrons. The standard InChI is InChI=1S/C23H34N4O3/c1-17(2)21(29)27-13-10-23(16-27)14-19(25-22(23)30)20(28)24-11-7-12-26(3)15-18-8-5-4-6-9-18/h4-6,8-9,17,19H,7,10-16H2,1-3H3,(H,24,28)(H,25,30)/t19-,23-/m0/s1. The maximum Gasteiger partial charge on any atom is 0.242 e. The van der Waals surface area contributed by atoms with Gasteiger partial charge in [-0.3, -0.25) is 14.4 Å². The molecule has 3 amide bonds. The first-order valence-electron chi connectivity index (χ1n) is 10.9. The molecule has 2 heterocycles. The SMILES string of the molecule is CC(C)C(=O)N1CC[C@]2(C[C@@H](C(=O)NCCCN(C)Cc3ccccc3)NC2=O)C1. The van der Waals surface area contributed by atoms with Crippen LogP contribution in [0.25, 0.3) is 0 Å². The average Bonchev–Trinajstić information content (AvgIpc) is 3.29. The monoisotopic (exact) mass is 414 g/mol. The smallest absolute Gasteiger partial charge is 0.242 e. The summed E-state index contributed by atoms with van der Waals surface area (Å²) in [5, 5.41) is 5.82. The van der Waals surface area contributed by atoms with Gasteiger partial charge in [0.1, 0.15) is 6.04 Å². The van der Waals surface area contributed by atoms with Crippen LogP contribution in [0, 0.1) is 11.3 Å². The van der Waals surface area contributed by atoms with Crippen LogP contribution in [-0.2, 0) is 20.9 Å². The highest BCUT2D eigenvalue weighted by molar-refractivity contribution is 5.95. The van der Waals surface area contributed by atoms with Crippen LogP contribution in [0.5, 0.6) is 0 Å². The van der Waals surface area contributed by atoms with Gasteiger partial charge in [-0.15, -0.1) is 0 Å². The lowest BCUT2D eigenvalue weighted by molar-refractivity contribution is -0.134. The Balaban J connectivity index is 1.40. The molecule has 0 saturated carbocycles. The molecule has 2 aliphatic rings. The maximum absolute atomic E-state index is 12.6. The summed E-state index contributed by atoms with van der Waals surface area (Å²) in [7, 11) is 2.07. The molecule has 30 heavy (non-hydrogen) atoms. The van der Waals surface area contributed by atoms with Crippen LogP contribution in [0.1, 0.15) is 38.7 Å². The van der Waals surface area contributed by atoms with E-state index >= 15 is 0 Å². The fourth-order valence-corrected chi connectivity index (χ4v) is 4.44. The largest absolute Gasteiger partial charge is 0.354 e. The van der Waals surface area contributed by atoms with Crippen LogP contribution in [0.4, 0.5) is 0 Å². The molecular weight excluding hydrogens is 380 g/mol. The average molecular weight is 415 g/mol. The molecule has 2 fully saturated rings. The number of carbonyl (C=O) groups is 3. The van der Waals surface area contributed by atoms with E-state index in [4.69, 9.17) is 0 Å². The Bertz CT molecular complexity index is 767. The Labute approximate surface area is 179 Å². The van der Waals surface area contributed by atoms with Gasteiger partial charge >= 0.3 is 0 Å². The number of benzene rings is 1. The minimum absolute atomic E-state index is 0.0761. The van der Waals surface area contributed by atoms with Gasteiger partial charge in [0.05, 0.1) is 5.41 Å². The third kappa shape index (κ3) is 5.19. The number of hydrogen-bond donors (Lipinski definition) is 2. The van der Waals surface area contributed by atoms with Gasteiger partial charge in [0.15, 0.2) is 0 Å². The zero-order chi connectivity index (χ0) is 21.7. The van der Waals surface area contributed by atoms with Crippen molar-refractivity contribution >= 4 is 17.7 Å². The zero-order valence-corrected chi connectivity index (χ0v) is 18.3. The van der Waals surface area contributed by atoms with Crippen molar-refractivity contribution in [2.45, 2.75) is 45.7 Å². The summed E-state index contributed by atoms with van der Waals surface area (Å²) in [5.41, 5.74) is 0.659. The van der Waals surface area contributed by atoms with Crippen LogP contribution in [0.15, 0.2) is 30.3 Å². The lowest BCUT2D eigenvalue weighted by atomic mass is 9.84. The van der Waals surface area contributed by atoms with Crippen molar-refractivity contribution in [2.24, 2.45) is 11.3 Å². The van der Waals surface area contributed by atoms with E-state index in [1.54, 1.807) is 4.90 Å². The molecule has 2 atom stereocenters. The predicted molar refractivity (Wildman–Crippen MR) is 115 cm³/mol. The normalized spacial score (nSPS) is 23.4. The van der Waals surface area contributed by atoms with Gasteiger partial charge < -0.3 is 20.4 Å². The second-order valence-corrected chi connectivity index (χ2v) is 9.04. The van der Waals surface area contributed by atoms with Crippen LogP contribution < -0.4 is 10.6 Å². The molecular formula is C23H34N4O3. The molecule has 1 spiro atoms. The van der Waals surface area contributed by atoms with Crippen molar-refractivity contribution in [3.8, 4) is 0 Å². The molecule has 2 N–H and O–H groups in total. The van der Waals surface area contributed by atoms with Gasteiger partial charge in [0.25, 0.3) is 0 Å². The van der Waals surface area contributed by atoms with E-state index in [2.05, 4.69) is 34.7 Å². The lowest BCUT2D eigenvalue weighted by Crippen LogP contribution is -2.42. The molecule has 7 nitrogen and oxygen atoms in total.